The molecule has 8 heteroatoms. The molecule has 26 heavy (non-hydrogen) atoms. The zero-order valence-corrected chi connectivity index (χ0v) is 16.0. The predicted octanol–water partition coefficient (Wildman–Crippen LogP) is 1.77. The molecule has 0 unspecified atom stereocenters. The minimum Gasteiger partial charge on any atom is -0.438 e. The Bertz CT molecular complexity index is 912. The lowest BCUT2D eigenvalue weighted by atomic mass is 10.1. The first-order chi connectivity index (χ1) is 12.3. The van der Waals surface area contributed by atoms with Crippen LogP contribution >= 0.6 is 0 Å². The maximum Gasteiger partial charge on any atom is 0.289 e. The maximum absolute atomic E-state index is 12.6. The fourth-order valence-corrected chi connectivity index (χ4v) is 3.69. The first kappa shape index (κ1) is 18.5. The van der Waals surface area contributed by atoms with Crippen LogP contribution in [0.1, 0.15) is 21.7 Å². The average molecular weight is 377 g/mol. The Kier molecular flexibility index (Phi) is 5.06. The Balaban J connectivity index is 1.68. The first-order valence-electron chi connectivity index (χ1n) is 8.46. The highest BCUT2D eigenvalue weighted by Gasteiger charge is 2.26. The van der Waals surface area contributed by atoms with Gasteiger partial charge in [0.2, 0.25) is 5.09 Å². The van der Waals surface area contributed by atoms with Gasteiger partial charge in [0, 0.05) is 31.9 Å². The van der Waals surface area contributed by atoms with Gasteiger partial charge in [0.25, 0.3) is 15.9 Å². The van der Waals surface area contributed by atoms with E-state index < -0.39 is 10.0 Å². The molecule has 1 N–H and O–H groups in total. The molecule has 2 heterocycles. The highest BCUT2D eigenvalue weighted by molar-refractivity contribution is 7.89. The van der Waals surface area contributed by atoms with E-state index in [1.54, 1.807) is 4.90 Å². The third-order valence-corrected chi connectivity index (χ3v) is 5.88. The number of sulfonamides is 1. The maximum atomic E-state index is 12.6. The van der Waals surface area contributed by atoms with Gasteiger partial charge in [0.05, 0.1) is 0 Å². The summed E-state index contributed by atoms with van der Waals surface area (Å²) in [6.07, 6.45) is 0. The van der Waals surface area contributed by atoms with E-state index in [-0.39, 0.29) is 16.8 Å². The van der Waals surface area contributed by atoms with Crippen molar-refractivity contribution in [2.75, 3.05) is 38.1 Å². The van der Waals surface area contributed by atoms with Gasteiger partial charge in [0.1, 0.15) is 0 Å². The number of aryl methyl sites for hydroxylation is 2. The number of carbonyl (C=O) groups is 1. The second-order valence-corrected chi connectivity index (χ2v) is 8.21. The van der Waals surface area contributed by atoms with Gasteiger partial charge in [-0.15, -0.1) is 0 Å². The Labute approximate surface area is 153 Å². The van der Waals surface area contributed by atoms with Crippen LogP contribution in [0.15, 0.2) is 39.8 Å². The molecule has 2 aromatic rings. The predicted molar refractivity (Wildman–Crippen MR) is 99.0 cm³/mol. The van der Waals surface area contributed by atoms with Crippen LogP contribution in [0.4, 0.5) is 5.69 Å². The fourth-order valence-electron chi connectivity index (χ4n) is 3.05. The lowest BCUT2D eigenvalue weighted by molar-refractivity contribution is 0.0709. The molecule has 140 valence electrons. The van der Waals surface area contributed by atoms with E-state index >= 15 is 0 Å². The fraction of sp³-hybridized carbons (Fsp3) is 0.389. The van der Waals surface area contributed by atoms with Gasteiger partial charge >= 0.3 is 0 Å². The van der Waals surface area contributed by atoms with Crippen LogP contribution in [0.2, 0.25) is 0 Å². The molecule has 1 saturated heterocycles. The summed E-state index contributed by atoms with van der Waals surface area (Å²) >= 11 is 0. The monoisotopic (exact) mass is 377 g/mol. The molecule has 1 fully saturated rings. The van der Waals surface area contributed by atoms with Gasteiger partial charge in [-0.3, -0.25) is 4.79 Å². The lowest BCUT2D eigenvalue weighted by Crippen LogP contribution is -2.49. The van der Waals surface area contributed by atoms with E-state index in [9.17, 15) is 13.2 Å². The van der Waals surface area contributed by atoms with Gasteiger partial charge in [-0.2, -0.15) is 0 Å². The standard InChI is InChI=1S/C18H23N3O4S/c1-13-4-5-14(2)15(12-13)20-8-10-21(11-9-20)18(22)16-6-7-17(25-16)26(23,24)19-3/h4-7,12,19H,8-11H2,1-3H3. The number of nitrogens with one attached hydrogen (secondary N) is 1. The Morgan fingerprint density at radius 3 is 2.42 bits per heavy atom. The van der Waals surface area contributed by atoms with E-state index in [2.05, 4.69) is 41.7 Å². The van der Waals surface area contributed by atoms with Crippen molar-refractivity contribution in [2.45, 2.75) is 18.9 Å². The van der Waals surface area contributed by atoms with Crippen LogP contribution in [0.25, 0.3) is 0 Å². The highest BCUT2D eigenvalue weighted by Crippen LogP contribution is 2.23. The van der Waals surface area contributed by atoms with Crippen molar-refractivity contribution in [3.05, 3.63) is 47.2 Å². The normalized spacial score (nSPS) is 15.3. The van der Waals surface area contributed by atoms with Crippen molar-refractivity contribution in [3.8, 4) is 0 Å². The molecular formula is C18H23N3O4S. The number of anilines is 1. The van der Waals surface area contributed by atoms with Crippen LogP contribution in [-0.4, -0.2) is 52.5 Å². The minimum atomic E-state index is -3.69. The average Bonchev–Trinajstić information content (AvgIpc) is 3.14. The van der Waals surface area contributed by atoms with E-state index in [1.165, 1.54) is 36.0 Å². The molecule has 0 spiro atoms. The van der Waals surface area contributed by atoms with Crippen LogP contribution < -0.4 is 9.62 Å². The summed E-state index contributed by atoms with van der Waals surface area (Å²) in [6.45, 7) is 6.70. The minimum absolute atomic E-state index is 0.0408. The van der Waals surface area contributed by atoms with E-state index in [0.29, 0.717) is 13.1 Å². The molecule has 0 aliphatic carbocycles. The summed E-state index contributed by atoms with van der Waals surface area (Å²) in [7, 11) is -2.39. The molecule has 0 radical (unpaired) electrons. The van der Waals surface area contributed by atoms with Gasteiger partial charge in [-0.25, -0.2) is 13.1 Å². The summed E-state index contributed by atoms with van der Waals surface area (Å²) in [5.74, 6) is -0.248. The quantitative estimate of drug-likeness (QED) is 0.878. The second kappa shape index (κ2) is 7.13. The number of rotatable bonds is 4. The summed E-state index contributed by atoms with van der Waals surface area (Å²) < 4.78 is 30.9. The molecule has 0 bridgehead atoms. The van der Waals surface area contributed by atoms with Crippen molar-refractivity contribution in [2.24, 2.45) is 0 Å². The van der Waals surface area contributed by atoms with Crippen LogP contribution in [0, 0.1) is 13.8 Å². The SMILES string of the molecule is CNS(=O)(=O)c1ccc(C(=O)N2CCN(c3cc(C)ccc3C)CC2)o1. The molecule has 1 aromatic carbocycles. The van der Waals surface area contributed by atoms with E-state index in [4.69, 9.17) is 4.42 Å². The van der Waals surface area contributed by atoms with Gasteiger partial charge in [0.15, 0.2) is 5.76 Å². The highest BCUT2D eigenvalue weighted by atomic mass is 32.2. The summed E-state index contributed by atoms with van der Waals surface area (Å²) in [5.41, 5.74) is 3.61. The summed E-state index contributed by atoms with van der Waals surface area (Å²) in [4.78, 5) is 16.6. The molecule has 7 nitrogen and oxygen atoms in total. The third-order valence-electron chi connectivity index (χ3n) is 4.60. The van der Waals surface area contributed by atoms with E-state index in [1.807, 2.05) is 0 Å². The first-order valence-corrected chi connectivity index (χ1v) is 9.95. The molecule has 1 aliphatic heterocycles. The molecule has 1 amide bonds. The second-order valence-electron chi connectivity index (χ2n) is 6.40. The van der Waals surface area contributed by atoms with Crippen LogP contribution in [-0.2, 0) is 10.0 Å². The Hall–Kier alpha value is -2.32. The molecule has 0 saturated carbocycles. The molecule has 3 rings (SSSR count). The molecular weight excluding hydrogens is 354 g/mol. The number of carbonyl (C=O) groups excluding carboxylic acids is 1. The summed E-state index contributed by atoms with van der Waals surface area (Å²) in [6, 6.07) is 9.06. The van der Waals surface area contributed by atoms with Crippen molar-refractivity contribution < 1.29 is 17.6 Å². The molecule has 1 aromatic heterocycles. The number of piperazine rings is 1. The van der Waals surface area contributed by atoms with Crippen LogP contribution in [0.3, 0.4) is 0 Å². The van der Waals surface area contributed by atoms with Gasteiger partial charge in [-0.05, 0) is 50.2 Å². The third kappa shape index (κ3) is 3.61. The smallest absolute Gasteiger partial charge is 0.289 e. The number of furan rings is 1. The number of nitrogens with zero attached hydrogens (tertiary/aromatic N) is 2. The zero-order valence-electron chi connectivity index (χ0n) is 15.2. The topological polar surface area (TPSA) is 82.9 Å². The van der Waals surface area contributed by atoms with Gasteiger partial charge in [-0.1, -0.05) is 12.1 Å². The number of hydrogen-bond acceptors (Lipinski definition) is 5. The number of amides is 1. The molecule has 0 atom stereocenters. The van der Waals surface area contributed by atoms with Crippen molar-refractivity contribution in [3.63, 3.8) is 0 Å². The Morgan fingerprint density at radius 2 is 1.77 bits per heavy atom. The van der Waals surface area contributed by atoms with Gasteiger partial charge < -0.3 is 14.2 Å². The van der Waals surface area contributed by atoms with Crippen molar-refractivity contribution >= 4 is 21.6 Å². The molecule has 1 aliphatic rings. The zero-order chi connectivity index (χ0) is 18.9. The van der Waals surface area contributed by atoms with Crippen molar-refractivity contribution in [1.82, 2.24) is 9.62 Å². The van der Waals surface area contributed by atoms with Crippen molar-refractivity contribution in [1.29, 1.82) is 0 Å². The lowest BCUT2D eigenvalue weighted by Gasteiger charge is -2.36. The summed E-state index contributed by atoms with van der Waals surface area (Å²) in [5, 5.41) is -0.252. The van der Waals surface area contributed by atoms with Crippen LogP contribution in [0.5, 0.6) is 0 Å². The van der Waals surface area contributed by atoms with E-state index in [0.717, 1.165) is 13.1 Å². The number of hydrogen-bond donors (Lipinski definition) is 1. The largest absolute Gasteiger partial charge is 0.438 e. The number of benzene rings is 1. The Morgan fingerprint density at radius 1 is 1.08 bits per heavy atom.